The van der Waals surface area contributed by atoms with Crippen molar-refractivity contribution in [3.8, 4) is 11.8 Å². The lowest BCUT2D eigenvalue weighted by Gasteiger charge is -2.18. The van der Waals surface area contributed by atoms with Crippen molar-refractivity contribution in [3.05, 3.63) is 40.6 Å². The van der Waals surface area contributed by atoms with E-state index in [0.717, 1.165) is 19.4 Å². The van der Waals surface area contributed by atoms with Crippen molar-refractivity contribution >= 4 is 11.6 Å². The minimum Gasteiger partial charge on any atom is -0.482 e. The van der Waals surface area contributed by atoms with Crippen LogP contribution in [-0.4, -0.2) is 23.4 Å². The second kappa shape index (κ2) is 6.77. The highest BCUT2D eigenvalue weighted by Gasteiger charge is 2.22. The molecule has 114 valence electrons. The molecule has 22 heavy (non-hydrogen) atoms. The Labute approximate surface area is 132 Å². The second-order valence-corrected chi connectivity index (χ2v) is 5.43. The van der Waals surface area contributed by atoms with Gasteiger partial charge < -0.3 is 13.9 Å². The molecule has 1 unspecified atom stereocenters. The van der Waals surface area contributed by atoms with Crippen LogP contribution in [0.1, 0.15) is 36.1 Å². The summed E-state index contributed by atoms with van der Waals surface area (Å²) in [4.78, 5) is 0. The molecular formula is C15H14ClN3O3. The maximum Gasteiger partial charge on any atom is 0.253 e. The number of halogens is 1. The lowest BCUT2D eigenvalue weighted by atomic mass is 10.0. The molecule has 1 saturated heterocycles. The molecule has 1 fully saturated rings. The first kappa shape index (κ1) is 14.8. The molecule has 1 aromatic carbocycles. The van der Waals surface area contributed by atoms with Crippen LogP contribution in [0.4, 0.5) is 0 Å². The monoisotopic (exact) mass is 319 g/mol. The van der Waals surface area contributed by atoms with E-state index in [1.807, 2.05) is 6.07 Å². The summed E-state index contributed by atoms with van der Waals surface area (Å²) in [6, 6.07) is 6.89. The van der Waals surface area contributed by atoms with Crippen molar-refractivity contribution in [2.75, 3.05) is 13.2 Å². The molecule has 7 heteroatoms. The van der Waals surface area contributed by atoms with Gasteiger partial charge in [0.25, 0.3) is 5.89 Å². The van der Waals surface area contributed by atoms with Gasteiger partial charge in [-0.25, -0.2) is 0 Å². The van der Waals surface area contributed by atoms with Crippen molar-refractivity contribution < 1.29 is 13.9 Å². The summed E-state index contributed by atoms with van der Waals surface area (Å²) in [7, 11) is 0. The molecule has 0 aliphatic carbocycles. The van der Waals surface area contributed by atoms with E-state index in [1.165, 1.54) is 0 Å². The van der Waals surface area contributed by atoms with Crippen LogP contribution in [0.5, 0.6) is 5.75 Å². The molecule has 1 aliphatic heterocycles. The molecule has 6 nitrogen and oxygen atoms in total. The molecule has 2 aromatic rings. The minimum atomic E-state index is 0.0929. The fourth-order valence-corrected chi connectivity index (χ4v) is 2.43. The normalized spacial score (nSPS) is 17.9. The van der Waals surface area contributed by atoms with E-state index in [-0.39, 0.29) is 12.5 Å². The molecule has 1 atom stereocenters. The predicted octanol–water partition coefficient (Wildman–Crippen LogP) is 3.07. The zero-order valence-electron chi connectivity index (χ0n) is 11.8. The Hall–Kier alpha value is -2.10. The molecule has 1 aromatic heterocycles. The second-order valence-electron chi connectivity index (χ2n) is 4.99. The fraction of sp³-hybridized carbons (Fsp3) is 0.400. The predicted molar refractivity (Wildman–Crippen MR) is 77.6 cm³/mol. The molecule has 0 spiro atoms. The van der Waals surface area contributed by atoms with Gasteiger partial charge in [-0.15, -0.1) is 10.2 Å². The van der Waals surface area contributed by atoms with Gasteiger partial charge >= 0.3 is 0 Å². The van der Waals surface area contributed by atoms with Crippen LogP contribution in [0.25, 0.3) is 0 Å². The Morgan fingerprint density at radius 1 is 1.41 bits per heavy atom. The highest BCUT2D eigenvalue weighted by atomic mass is 35.5. The third-order valence-electron chi connectivity index (χ3n) is 3.41. The SMILES string of the molecule is N#Cc1ccc(Cl)cc1OCc1nnc(C2CCCOC2)o1. The summed E-state index contributed by atoms with van der Waals surface area (Å²) in [5, 5.41) is 17.6. The van der Waals surface area contributed by atoms with Crippen molar-refractivity contribution in [2.24, 2.45) is 0 Å². The maximum atomic E-state index is 9.04. The highest BCUT2D eigenvalue weighted by molar-refractivity contribution is 6.30. The smallest absolute Gasteiger partial charge is 0.253 e. The zero-order chi connectivity index (χ0) is 15.4. The van der Waals surface area contributed by atoms with E-state index in [1.54, 1.807) is 18.2 Å². The summed E-state index contributed by atoms with van der Waals surface area (Å²) in [5.74, 6) is 1.49. The average molecular weight is 320 g/mol. The molecule has 0 N–H and O–H groups in total. The van der Waals surface area contributed by atoms with Crippen LogP contribution in [0.15, 0.2) is 22.6 Å². The number of hydrogen-bond donors (Lipinski definition) is 0. The molecule has 0 bridgehead atoms. The van der Waals surface area contributed by atoms with Crippen molar-refractivity contribution in [1.29, 1.82) is 5.26 Å². The Bertz CT molecular complexity index is 690. The van der Waals surface area contributed by atoms with Crippen LogP contribution in [0.3, 0.4) is 0 Å². The third kappa shape index (κ3) is 3.38. The first-order chi connectivity index (χ1) is 10.8. The molecule has 1 aliphatic rings. The number of nitrogens with zero attached hydrogens (tertiary/aromatic N) is 3. The summed E-state index contributed by atoms with van der Waals surface area (Å²) in [6.07, 6.45) is 1.97. The van der Waals surface area contributed by atoms with E-state index >= 15 is 0 Å². The van der Waals surface area contributed by atoms with Crippen LogP contribution < -0.4 is 4.74 Å². The van der Waals surface area contributed by atoms with E-state index in [0.29, 0.717) is 34.7 Å². The molecule has 0 amide bonds. The summed E-state index contributed by atoms with van der Waals surface area (Å²) in [6.45, 7) is 1.48. The third-order valence-corrected chi connectivity index (χ3v) is 3.64. The van der Waals surface area contributed by atoms with Crippen LogP contribution in [0.2, 0.25) is 5.02 Å². The number of hydrogen-bond acceptors (Lipinski definition) is 6. The molecular weight excluding hydrogens is 306 g/mol. The Morgan fingerprint density at radius 3 is 3.09 bits per heavy atom. The Kier molecular flexibility index (Phi) is 4.56. The van der Waals surface area contributed by atoms with E-state index in [9.17, 15) is 0 Å². The van der Waals surface area contributed by atoms with E-state index in [4.69, 9.17) is 30.8 Å². The molecule has 2 heterocycles. The average Bonchev–Trinajstić information content (AvgIpc) is 3.03. The number of rotatable bonds is 4. The Morgan fingerprint density at radius 2 is 2.32 bits per heavy atom. The van der Waals surface area contributed by atoms with Gasteiger partial charge in [-0.2, -0.15) is 5.26 Å². The van der Waals surface area contributed by atoms with Crippen molar-refractivity contribution in [3.63, 3.8) is 0 Å². The van der Waals surface area contributed by atoms with Gasteiger partial charge in [0.2, 0.25) is 5.89 Å². The first-order valence-corrected chi connectivity index (χ1v) is 7.36. The standard InChI is InChI=1S/C15H14ClN3O3/c16-12-4-3-10(7-17)13(6-12)21-9-14-18-19-15(22-14)11-2-1-5-20-8-11/h3-4,6,11H,1-2,5,8-9H2. The fourth-order valence-electron chi connectivity index (χ4n) is 2.27. The number of ether oxygens (including phenoxy) is 2. The lowest BCUT2D eigenvalue weighted by Crippen LogP contribution is -2.15. The first-order valence-electron chi connectivity index (χ1n) is 6.98. The number of benzene rings is 1. The topological polar surface area (TPSA) is 81.2 Å². The van der Waals surface area contributed by atoms with Crippen molar-refractivity contribution in [2.45, 2.75) is 25.4 Å². The summed E-state index contributed by atoms with van der Waals surface area (Å²) < 4.78 is 16.6. The highest BCUT2D eigenvalue weighted by Crippen LogP contribution is 2.26. The van der Waals surface area contributed by atoms with Gasteiger partial charge in [0.05, 0.1) is 18.1 Å². The van der Waals surface area contributed by atoms with E-state index < -0.39 is 0 Å². The number of aromatic nitrogens is 2. The summed E-state index contributed by atoms with van der Waals surface area (Å²) in [5.41, 5.74) is 0.407. The maximum absolute atomic E-state index is 9.04. The van der Waals surface area contributed by atoms with Crippen LogP contribution in [0, 0.1) is 11.3 Å². The molecule has 0 radical (unpaired) electrons. The van der Waals surface area contributed by atoms with Gasteiger partial charge in [-0.1, -0.05) is 11.6 Å². The quantitative estimate of drug-likeness (QED) is 0.861. The van der Waals surface area contributed by atoms with Crippen molar-refractivity contribution in [1.82, 2.24) is 10.2 Å². The lowest BCUT2D eigenvalue weighted by molar-refractivity contribution is 0.0717. The van der Waals surface area contributed by atoms with Gasteiger partial charge in [0.1, 0.15) is 11.8 Å². The minimum absolute atomic E-state index is 0.0929. The summed E-state index contributed by atoms with van der Waals surface area (Å²) >= 11 is 5.91. The van der Waals surface area contributed by atoms with Crippen LogP contribution in [-0.2, 0) is 11.3 Å². The number of nitriles is 1. The van der Waals surface area contributed by atoms with Gasteiger partial charge in [0.15, 0.2) is 6.61 Å². The van der Waals surface area contributed by atoms with Gasteiger partial charge in [0, 0.05) is 17.7 Å². The Balaban J connectivity index is 1.66. The van der Waals surface area contributed by atoms with Gasteiger partial charge in [-0.05, 0) is 25.0 Å². The molecule has 0 saturated carbocycles. The van der Waals surface area contributed by atoms with E-state index in [2.05, 4.69) is 10.2 Å². The zero-order valence-corrected chi connectivity index (χ0v) is 12.5. The molecule has 3 rings (SSSR count). The van der Waals surface area contributed by atoms with Gasteiger partial charge in [-0.3, -0.25) is 0 Å². The largest absolute Gasteiger partial charge is 0.482 e. The van der Waals surface area contributed by atoms with Crippen LogP contribution >= 0.6 is 11.6 Å².